The Balaban J connectivity index is 1.51. The summed E-state index contributed by atoms with van der Waals surface area (Å²) in [5.74, 6) is 2.20. The molecule has 6 heteroatoms. The Morgan fingerprint density at radius 2 is 2.09 bits per heavy atom. The van der Waals surface area contributed by atoms with Gasteiger partial charge in [-0.2, -0.15) is 4.98 Å². The first-order valence-electron chi connectivity index (χ1n) is 8.55. The molecule has 1 aliphatic heterocycles. The normalized spacial score (nSPS) is 21.7. The summed E-state index contributed by atoms with van der Waals surface area (Å²) >= 11 is 0. The maximum atomic E-state index is 12.4. The van der Waals surface area contributed by atoms with Crippen LogP contribution >= 0.6 is 0 Å². The highest BCUT2D eigenvalue weighted by molar-refractivity contribution is 5.76. The standard InChI is InChI=1S/C17H26N4O2/c1-20(2)15-10-18-11-16(19-15)23-14-7-8-21(12-14)17(22)9-13-5-3-4-6-13/h10-11,13-14H,3-9,12H2,1-2H3/t14-/m0/s1. The Bertz CT molecular complexity index is 543. The molecule has 2 fully saturated rings. The minimum atomic E-state index is 0.0224. The van der Waals surface area contributed by atoms with E-state index in [4.69, 9.17) is 4.74 Å². The molecule has 1 atom stereocenters. The van der Waals surface area contributed by atoms with Crippen molar-refractivity contribution in [1.82, 2.24) is 14.9 Å². The number of likely N-dealkylation sites (tertiary alicyclic amines) is 1. The zero-order valence-electron chi connectivity index (χ0n) is 14.1. The third-order valence-corrected chi connectivity index (χ3v) is 4.78. The van der Waals surface area contributed by atoms with Crippen LogP contribution in [-0.2, 0) is 4.79 Å². The lowest BCUT2D eigenvalue weighted by Gasteiger charge is -2.19. The molecule has 1 aliphatic carbocycles. The molecule has 0 unspecified atom stereocenters. The van der Waals surface area contributed by atoms with Gasteiger partial charge in [0.05, 0.1) is 18.9 Å². The fraction of sp³-hybridized carbons (Fsp3) is 0.706. The maximum Gasteiger partial charge on any atom is 0.234 e. The van der Waals surface area contributed by atoms with E-state index < -0.39 is 0 Å². The summed E-state index contributed by atoms with van der Waals surface area (Å²) in [7, 11) is 3.85. The highest BCUT2D eigenvalue weighted by Gasteiger charge is 2.29. The molecular weight excluding hydrogens is 292 g/mol. The van der Waals surface area contributed by atoms with Crippen molar-refractivity contribution < 1.29 is 9.53 Å². The molecule has 1 aromatic rings. The fourth-order valence-electron chi connectivity index (χ4n) is 3.42. The number of carbonyl (C=O) groups excluding carboxylic acids is 1. The molecule has 0 aromatic carbocycles. The number of hydrogen-bond acceptors (Lipinski definition) is 5. The van der Waals surface area contributed by atoms with Gasteiger partial charge in [0.1, 0.15) is 6.10 Å². The van der Waals surface area contributed by atoms with Gasteiger partial charge in [-0.3, -0.25) is 9.78 Å². The van der Waals surface area contributed by atoms with Crippen LogP contribution in [0.15, 0.2) is 12.4 Å². The predicted octanol–water partition coefficient (Wildman–Crippen LogP) is 2.10. The smallest absolute Gasteiger partial charge is 0.234 e. The summed E-state index contributed by atoms with van der Waals surface area (Å²) in [6, 6.07) is 0. The highest BCUT2D eigenvalue weighted by Crippen LogP contribution is 2.29. The molecule has 1 amide bonds. The van der Waals surface area contributed by atoms with Crippen LogP contribution in [0.25, 0.3) is 0 Å². The summed E-state index contributed by atoms with van der Waals surface area (Å²) in [6.07, 6.45) is 9.93. The van der Waals surface area contributed by atoms with Crippen molar-refractivity contribution in [3.05, 3.63) is 12.4 Å². The number of anilines is 1. The molecule has 0 spiro atoms. The van der Waals surface area contributed by atoms with Gasteiger partial charge in [0.15, 0.2) is 5.82 Å². The number of rotatable bonds is 5. The third kappa shape index (κ3) is 4.12. The molecular formula is C17H26N4O2. The Hall–Kier alpha value is -1.85. The van der Waals surface area contributed by atoms with E-state index in [1.54, 1.807) is 12.4 Å². The summed E-state index contributed by atoms with van der Waals surface area (Å²) in [4.78, 5) is 24.8. The summed E-state index contributed by atoms with van der Waals surface area (Å²) in [5, 5.41) is 0. The van der Waals surface area contributed by atoms with Gasteiger partial charge in [-0.1, -0.05) is 12.8 Å². The van der Waals surface area contributed by atoms with E-state index >= 15 is 0 Å². The van der Waals surface area contributed by atoms with E-state index in [0.717, 1.165) is 18.8 Å². The number of hydrogen-bond donors (Lipinski definition) is 0. The number of ether oxygens (including phenoxy) is 1. The number of aromatic nitrogens is 2. The Morgan fingerprint density at radius 3 is 2.83 bits per heavy atom. The second-order valence-electron chi connectivity index (χ2n) is 6.83. The van der Waals surface area contributed by atoms with Crippen LogP contribution < -0.4 is 9.64 Å². The summed E-state index contributed by atoms with van der Waals surface area (Å²) in [6.45, 7) is 1.45. The largest absolute Gasteiger partial charge is 0.471 e. The van der Waals surface area contributed by atoms with E-state index in [1.165, 1.54) is 25.7 Å². The minimum absolute atomic E-state index is 0.0224. The first kappa shape index (κ1) is 16.0. The molecule has 0 N–H and O–H groups in total. The van der Waals surface area contributed by atoms with Crippen LogP contribution in [0.3, 0.4) is 0 Å². The summed E-state index contributed by atoms with van der Waals surface area (Å²) in [5.41, 5.74) is 0. The molecule has 1 saturated heterocycles. The van der Waals surface area contributed by atoms with Crippen molar-refractivity contribution in [2.24, 2.45) is 5.92 Å². The molecule has 126 valence electrons. The summed E-state index contributed by atoms with van der Waals surface area (Å²) < 4.78 is 5.92. The van der Waals surface area contributed by atoms with Gasteiger partial charge in [0, 0.05) is 33.5 Å². The minimum Gasteiger partial charge on any atom is -0.471 e. The zero-order chi connectivity index (χ0) is 16.2. The molecule has 6 nitrogen and oxygen atoms in total. The average molecular weight is 318 g/mol. The van der Waals surface area contributed by atoms with Gasteiger partial charge < -0.3 is 14.5 Å². The monoisotopic (exact) mass is 318 g/mol. The Kier molecular flexibility index (Phi) is 4.98. The molecule has 2 heterocycles. The number of carbonyl (C=O) groups is 1. The highest BCUT2D eigenvalue weighted by atomic mass is 16.5. The molecule has 23 heavy (non-hydrogen) atoms. The maximum absolute atomic E-state index is 12.4. The topological polar surface area (TPSA) is 58.6 Å². The third-order valence-electron chi connectivity index (χ3n) is 4.78. The molecule has 0 radical (unpaired) electrons. The van der Waals surface area contributed by atoms with Crippen molar-refractivity contribution in [2.45, 2.75) is 44.6 Å². The number of amides is 1. The van der Waals surface area contributed by atoms with Crippen LogP contribution in [0, 0.1) is 5.92 Å². The van der Waals surface area contributed by atoms with Gasteiger partial charge in [-0.05, 0) is 18.8 Å². The molecule has 1 saturated carbocycles. The van der Waals surface area contributed by atoms with Crippen molar-refractivity contribution in [3.8, 4) is 5.88 Å². The zero-order valence-corrected chi connectivity index (χ0v) is 14.1. The predicted molar refractivity (Wildman–Crippen MR) is 88.5 cm³/mol. The first-order valence-corrected chi connectivity index (χ1v) is 8.55. The quantitative estimate of drug-likeness (QED) is 0.832. The van der Waals surface area contributed by atoms with Crippen molar-refractivity contribution in [2.75, 3.05) is 32.1 Å². The second-order valence-corrected chi connectivity index (χ2v) is 6.83. The van der Waals surface area contributed by atoms with Crippen LogP contribution in [-0.4, -0.2) is 54.1 Å². The van der Waals surface area contributed by atoms with Crippen LogP contribution in [0.4, 0.5) is 5.82 Å². The Morgan fingerprint density at radius 1 is 1.30 bits per heavy atom. The molecule has 0 bridgehead atoms. The van der Waals surface area contributed by atoms with E-state index in [1.807, 2.05) is 23.9 Å². The van der Waals surface area contributed by atoms with Crippen LogP contribution in [0.1, 0.15) is 38.5 Å². The van der Waals surface area contributed by atoms with E-state index in [-0.39, 0.29) is 12.0 Å². The van der Waals surface area contributed by atoms with Gasteiger partial charge in [-0.25, -0.2) is 0 Å². The van der Waals surface area contributed by atoms with Gasteiger partial charge in [-0.15, -0.1) is 0 Å². The Labute approximate surface area is 137 Å². The van der Waals surface area contributed by atoms with E-state index in [9.17, 15) is 4.79 Å². The second kappa shape index (κ2) is 7.15. The van der Waals surface area contributed by atoms with Gasteiger partial charge in [0.25, 0.3) is 0 Å². The van der Waals surface area contributed by atoms with Crippen molar-refractivity contribution in [3.63, 3.8) is 0 Å². The van der Waals surface area contributed by atoms with Gasteiger partial charge >= 0.3 is 0 Å². The molecule has 1 aromatic heterocycles. The van der Waals surface area contributed by atoms with E-state index in [0.29, 0.717) is 24.8 Å². The van der Waals surface area contributed by atoms with E-state index in [2.05, 4.69) is 9.97 Å². The lowest BCUT2D eigenvalue weighted by molar-refractivity contribution is -0.131. The number of nitrogens with zero attached hydrogens (tertiary/aromatic N) is 4. The molecule has 2 aliphatic rings. The van der Waals surface area contributed by atoms with Crippen molar-refractivity contribution in [1.29, 1.82) is 0 Å². The fourth-order valence-corrected chi connectivity index (χ4v) is 3.42. The lowest BCUT2D eigenvalue weighted by Crippen LogP contribution is -2.32. The average Bonchev–Trinajstić information content (AvgIpc) is 3.19. The van der Waals surface area contributed by atoms with Crippen LogP contribution in [0.2, 0.25) is 0 Å². The molecule has 3 rings (SSSR count). The SMILES string of the molecule is CN(C)c1cncc(O[C@H]2CCN(C(=O)CC3CCCC3)C2)n1. The van der Waals surface area contributed by atoms with Crippen LogP contribution in [0.5, 0.6) is 5.88 Å². The lowest BCUT2D eigenvalue weighted by atomic mass is 10.0. The van der Waals surface area contributed by atoms with Gasteiger partial charge in [0.2, 0.25) is 11.8 Å². The first-order chi connectivity index (χ1) is 11.1. The van der Waals surface area contributed by atoms with Crippen molar-refractivity contribution >= 4 is 11.7 Å².